The van der Waals surface area contributed by atoms with Gasteiger partial charge in [-0.3, -0.25) is 0 Å². The van der Waals surface area contributed by atoms with E-state index in [1.165, 1.54) is 12.0 Å². The van der Waals surface area contributed by atoms with E-state index < -0.39 is 0 Å². The van der Waals surface area contributed by atoms with E-state index in [1.807, 2.05) is 12.1 Å². The predicted molar refractivity (Wildman–Crippen MR) is 78.5 cm³/mol. The average Bonchev–Trinajstić information content (AvgIpc) is 3.02. The van der Waals surface area contributed by atoms with Crippen LogP contribution >= 0.6 is 28.3 Å². The summed E-state index contributed by atoms with van der Waals surface area (Å²) in [7, 11) is 0. The molecule has 1 N–H and O–H groups in total. The first-order valence-electron chi connectivity index (χ1n) is 6.11. The van der Waals surface area contributed by atoms with Crippen molar-refractivity contribution in [3.05, 3.63) is 46.0 Å². The minimum absolute atomic E-state index is 0. The van der Waals surface area contributed by atoms with Crippen LogP contribution in [0.4, 0.5) is 0 Å². The van der Waals surface area contributed by atoms with Gasteiger partial charge in [-0.1, -0.05) is 33.2 Å². The van der Waals surface area contributed by atoms with Gasteiger partial charge >= 0.3 is 0 Å². The summed E-state index contributed by atoms with van der Waals surface area (Å²) >= 11 is 3.42. The Labute approximate surface area is 126 Å². The second kappa shape index (κ2) is 6.50. The lowest BCUT2D eigenvalue weighted by Crippen LogP contribution is -2.13. The van der Waals surface area contributed by atoms with Gasteiger partial charge in [0, 0.05) is 10.9 Å². The van der Waals surface area contributed by atoms with E-state index in [0.717, 1.165) is 29.2 Å². The highest BCUT2D eigenvalue weighted by Crippen LogP contribution is 2.21. The summed E-state index contributed by atoms with van der Waals surface area (Å²) in [4.78, 5) is 4.46. The van der Waals surface area contributed by atoms with Crippen LogP contribution in [-0.4, -0.2) is 16.7 Å². The molecule has 2 heterocycles. The maximum Gasteiger partial charge on any atom is 0.243 e. The van der Waals surface area contributed by atoms with Crippen molar-refractivity contribution in [2.45, 2.75) is 25.3 Å². The molecule has 1 aromatic heterocycles. The molecule has 0 spiro atoms. The number of hydrogen-bond acceptors (Lipinski definition) is 4. The molecule has 2 aromatic rings. The first-order valence-corrected chi connectivity index (χ1v) is 6.91. The fraction of sp³-hybridized carbons (Fsp3) is 0.385. The topological polar surface area (TPSA) is 51.0 Å². The molecule has 0 saturated carbocycles. The Hall–Kier alpha value is -0.910. The van der Waals surface area contributed by atoms with E-state index >= 15 is 0 Å². The molecule has 0 aliphatic carbocycles. The zero-order chi connectivity index (χ0) is 12.4. The van der Waals surface area contributed by atoms with Gasteiger partial charge in [-0.2, -0.15) is 4.98 Å². The molecule has 3 rings (SSSR count). The van der Waals surface area contributed by atoms with Crippen LogP contribution in [0.1, 0.15) is 36.2 Å². The molecule has 1 fully saturated rings. The van der Waals surface area contributed by atoms with E-state index in [2.05, 4.69) is 43.5 Å². The van der Waals surface area contributed by atoms with Crippen molar-refractivity contribution in [2.24, 2.45) is 0 Å². The number of rotatable bonds is 3. The average molecular weight is 345 g/mol. The van der Waals surface area contributed by atoms with Gasteiger partial charge in [-0.25, -0.2) is 0 Å². The lowest BCUT2D eigenvalue weighted by Gasteiger charge is -2.01. The monoisotopic (exact) mass is 343 g/mol. The molecular weight excluding hydrogens is 330 g/mol. The van der Waals surface area contributed by atoms with Gasteiger partial charge in [-0.15, -0.1) is 12.4 Å². The Kier molecular flexibility index (Phi) is 4.96. The minimum Gasteiger partial charge on any atom is -0.338 e. The van der Waals surface area contributed by atoms with Crippen LogP contribution in [0.5, 0.6) is 0 Å². The standard InChI is InChI=1S/C13H14BrN3O.ClH/c14-10-5-3-9(4-6-10)8-12-16-13(18-17-12)11-2-1-7-15-11;/h3-6,11,15H,1-2,7-8H2;1H. The van der Waals surface area contributed by atoms with E-state index in [0.29, 0.717) is 6.42 Å². The Bertz CT molecular complexity index is 523. The molecule has 1 aromatic carbocycles. The molecular formula is C13H15BrClN3O. The lowest BCUT2D eigenvalue weighted by molar-refractivity contribution is 0.341. The van der Waals surface area contributed by atoms with Crippen LogP contribution in [0.25, 0.3) is 0 Å². The maximum atomic E-state index is 5.31. The lowest BCUT2D eigenvalue weighted by atomic mass is 10.1. The Balaban J connectivity index is 0.00000133. The third-order valence-corrected chi connectivity index (χ3v) is 3.65. The van der Waals surface area contributed by atoms with Gasteiger partial charge in [-0.05, 0) is 37.1 Å². The summed E-state index contributed by atoms with van der Waals surface area (Å²) in [5.41, 5.74) is 1.19. The van der Waals surface area contributed by atoms with Gasteiger partial charge in [0.05, 0.1) is 6.04 Å². The number of benzene rings is 1. The molecule has 0 bridgehead atoms. The van der Waals surface area contributed by atoms with Crippen molar-refractivity contribution < 1.29 is 4.52 Å². The Morgan fingerprint density at radius 3 is 2.79 bits per heavy atom. The van der Waals surface area contributed by atoms with Crippen LogP contribution < -0.4 is 5.32 Å². The van der Waals surface area contributed by atoms with Crippen LogP contribution in [0.2, 0.25) is 0 Å². The van der Waals surface area contributed by atoms with Gasteiger partial charge in [0.1, 0.15) is 0 Å². The highest BCUT2D eigenvalue weighted by molar-refractivity contribution is 9.10. The highest BCUT2D eigenvalue weighted by atomic mass is 79.9. The molecule has 102 valence electrons. The molecule has 0 amide bonds. The first kappa shape index (κ1) is 14.5. The number of nitrogens with one attached hydrogen (secondary N) is 1. The molecule has 1 aliphatic heterocycles. The zero-order valence-corrected chi connectivity index (χ0v) is 12.7. The SMILES string of the molecule is Brc1ccc(Cc2noc(C3CCCN3)n2)cc1.Cl. The fourth-order valence-corrected chi connectivity index (χ4v) is 2.43. The van der Waals surface area contributed by atoms with E-state index in [9.17, 15) is 0 Å². The molecule has 19 heavy (non-hydrogen) atoms. The second-order valence-electron chi connectivity index (χ2n) is 4.50. The summed E-state index contributed by atoms with van der Waals surface area (Å²) in [6, 6.07) is 8.42. The van der Waals surface area contributed by atoms with Crippen molar-refractivity contribution in [3.63, 3.8) is 0 Å². The largest absolute Gasteiger partial charge is 0.338 e. The molecule has 1 aliphatic rings. The summed E-state index contributed by atoms with van der Waals surface area (Å²) in [5.74, 6) is 1.47. The van der Waals surface area contributed by atoms with Crippen molar-refractivity contribution in [3.8, 4) is 0 Å². The van der Waals surface area contributed by atoms with Gasteiger partial charge in [0.25, 0.3) is 0 Å². The molecule has 1 saturated heterocycles. The van der Waals surface area contributed by atoms with Gasteiger partial charge < -0.3 is 9.84 Å². The van der Waals surface area contributed by atoms with Crippen LogP contribution in [0.15, 0.2) is 33.3 Å². The van der Waals surface area contributed by atoms with Crippen LogP contribution in [0.3, 0.4) is 0 Å². The Morgan fingerprint density at radius 2 is 2.11 bits per heavy atom. The molecule has 0 radical (unpaired) electrons. The number of hydrogen-bond donors (Lipinski definition) is 1. The van der Waals surface area contributed by atoms with E-state index in [1.54, 1.807) is 0 Å². The van der Waals surface area contributed by atoms with E-state index in [4.69, 9.17) is 4.52 Å². The molecule has 1 unspecified atom stereocenters. The number of nitrogens with zero attached hydrogens (tertiary/aromatic N) is 2. The van der Waals surface area contributed by atoms with Gasteiger partial charge in [0.2, 0.25) is 5.89 Å². The van der Waals surface area contributed by atoms with Gasteiger partial charge in [0.15, 0.2) is 5.82 Å². The Morgan fingerprint density at radius 1 is 1.32 bits per heavy atom. The normalized spacial score (nSPS) is 18.3. The summed E-state index contributed by atoms with van der Waals surface area (Å²) in [6.45, 7) is 1.04. The smallest absolute Gasteiger partial charge is 0.243 e. The third kappa shape index (κ3) is 3.55. The number of halogens is 2. The zero-order valence-electron chi connectivity index (χ0n) is 10.3. The summed E-state index contributed by atoms with van der Waals surface area (Å²) in [6.07, 6.45) is 2.97. The van der Waals surface area contributed by atoms with Crippen molar-refractivity contribution in [1.29, 1.82) is 0 Å². The molecule has 4 nitrogen and oxygen atoms in total. The van der Waals surface area contributed by atoms with E-state index in [-0.39, 0.29) is 18.4 Å². The predicted octanol–water partition coefficient (Wildman–Crippen LogP) is 3.27. The summed E-state index contributed by atoms with van der Waals surface area (Å²) in [5, 5.41) is 7.40. The van der Waals surface area contributed by atoms with Crippen molar-refractivity contribution >= 4 is 28.3 Å². The summed E-state index contributed by atoms with van der Waals surface area (Å²) < 4.78 is 6.39. The minimum atomic E-state index is 0. The molecule has 1 atom stereocenters. The van der Waals surface area contributed by atoms with Crippen molar-refractivity contribution in [2.75, 3.05) is 6.54 Å². The quantitative estimate of drug-likeness (QED) is 0.928. The van der Waals surface area contributed by atoms with Crippen LogP contribution in [0, 0.1) is 0 Å². The maximum absolute atomic E-state index is 5.31. The number of aromatic nitrogens is 2. The fourth-order valence-electron chi connectivity index (χ4n) is 2.16. The highest BCUT2D eigenvalue weighted by Gasteiger charge is 2.22. The van der Waals surface area contributed by atoms with Crippen molar-refractivity contribution in [1.82, 2.24) is 15.5 Å². The molecule has 6 heteroatoms. The van der Waals surface area contributed by atoms with Crippen LogP contribution in [-0.2, 0) is 6.42 Å². The first-order chi connectivity index (χ1) is 8.81. The second-order valence-corrected chi connectivity index (χ2v) is 5.42. The third-order valence-electron chi connectivity index (χ3n) is 3.12.